The number of aliphatic hydroxyl groups is 1. The smallest absolute Gasteiger partial charge is 0.236 e. The zero-order valence-corrected chi connectivity index (χ0v) is 27.0. The first kappa shape index (κ1) is 31.3. The van der Waals surface area contributed by atoms with Crippen molar-refractivity contribution in [2.24, 2.45) is 0 Å². The van der Waals surface area contributed by atoms with Crippen molar-refractivity contribution in [3.63, 3.8) is 0 Å². The minimum absolute atomic E-state index is 0.0177. The second kappa shape index (κ2) is 12.7. The molecule has 2 aromatic carbocycles. The Bertz CT molecular complexity index is 1950. The highest BCUT2D eigenvalue weighted by molar-refractivity contribution is 7.13. The Kier molecular flexibility index (Phi) is 8.50. The molecule has 1 atom stereocenters. The van der Waals surface area contributed by atoms with Crippen molar-refractivity contribution < 1.29 is 23.1 Å². The molecule has 2 aliphatic heterocycles. The number of carbonyl (C=O) groups excluding carboxylic acids is 1. The number of hydrogen-bond acceptors (Lipinski definition) is 7. The maximum atomic E-state index is 16.3. The summed E-state index contributed by atoms with van der Waals surface area (Å²) in [5.41, 5.74) is 4.78. The van der Waals surface area contributed by atoms with Crippen LogP contribution >= 0.6 is 11.3 Å². The van der Waals surface area contributed by atoms with Crippen LogP contribution in [0.25, 0.3) is 38.7 Å². The lowest BCUT2D eigenvalue weighted by Gasteiger charge is -2.36. The molecule has 5 heterocycles. The number of thiazole rings is 1. The van der Waals surface area contributed by atoms with Crippen LogP contribution in [-0.2, 0) is 11.2 Å². The van der Waals surface area contributed by atoms with Gasteiger partial charge >= 0.3 is 0 Å². The number of aliphatic hydroxyl groups excluding tert-OH is 1. The number of imidazole rings is 1. The van der Waals surface area contributed by atoms with E-state index in [9.17, 15) is 14.3 Å². The predicted octanol–water partition coefficient (Wildman–Crippen LogP) is 5.80. The zero-order valence-electron chi connectivity index (χ0n) is 26.2. The zero-order chi connectivity index (χ0) is 32.8. The number of β-amino-alcohol motifs (C(OH)–C–C–N with tert-alkyl or cyclic N) is 1. The maximum absolute atomic E-state index is 16.3. The highest BCUT2D eigenvalue weighted by atomic mass is 32.1. The van der Waals surface area contributed by atoms with E-state index in [0.29, 0.717) is 103 Å². The first-order valence-electron chi connectivity index (χ1n) is 15.8. The first-order valence-corrected chi connectivity index (χ1v) is 16.7. The van der Waals surface area contributed by atoms with Crippen molar-refractivity contribution in [3.05, 3.63) is 82.8 Å². The first-order chi connectivity index (χ1) is 22.7. The highest BCUT2D eigenvalue weighted by Crippen LogP contribution is 2.37. The second-order valence-electron chi connectivity index (χ2n) is 12.2. The molecule has 244 valence electrons. The molecule has 1 amide bonds. The molecule has 12 heteroatoms. The minimum atomic E-state index is -0.487. The van der Waals surface area contributed by atoms with Crippen LogP contribution in [0.2, 0.25) is 0 Å². The number of halogens is 3. The summed E-state index contributed by atoms with van der Waals surface area (Å²) in [6.07, 6.45) is 2.48. The number of carbonyl (C=O) groups is 1. The summed E-state index contributed by atoms with van der Waals surface area (Å²) in [6.45, 7) is 7.35. The molecular formula is C35H35F3N6O2S. The second-order valence-corrected chi connectivity index (χ2v) is 13.0. The van der Waals surface area contributed by atoms with Crippen molar-refractivity contribution in [2.75, 3.05) is 50.7 Å². The monoisotopic (exact) mass is 660 g/mol. The van der Waals surface area contributed by atoms with E-state index >= 15 is 8.78 Å². The molecule has 3 aromatic heterocycles. The summed E-state index contributed by atoms with van der Waals surface area (Å²) in [6, 6.07) is 11.1. The van der Waals surface area contributed by atoms with Crippen molar-refractivity contribution in [2.45, 2.75) is 32.8 Å². The van der Waals surface area contributed by atoms with Crippen molar-refractivity contribution >= 4 is 28.6 Å². The summed E-state index contributed by atoms with van der Waals surface area (Å²) in [7, 11) is 0. The van der Waals surface area contributed by atoms with Gasteiger partial charge in [-0.3, -0.25) is 14.1 Å². The van der Waals surface area contributed by atoms with Gasteiger partial charge in [0.05, 0.1) is 35.4 Å². The highest BCUT2D eigenvalue weighted by Gasteiger charge is 2.28. The Morgan fingerprint density at radius 2 is 1.74 bits per heavy atom. The fraction of sp³-hybridized carbons (Fsp3) is 0.343. The number of anilines is 1. The number of hydrogen-bond donors (Lipinski definition) is 1. The van der Waals surface area contributed by atoms with Crippen molar-refractivity contribution in [3.8, 4) is 33.1 Å². The van der Waals surface area contributed by atoms with Gasteiger partial charge in [-0.1, -0.05) is 13.0 Å². The van der Waals surface area contributed by atoms with E-state index < -0.39 is 17.7 Å². The van der Waals surface area contributed by atoms with E-state index in [-0.39, 0.29) is 17.4 Å². The van der Waals surface area contributed by atoms with Gasteiger partial charge in [0.1, 0.15) is 16.6 Å². The number of nitrogens with zero attached hydrogens (tertiary/aromatic N) is 6. The average Bonchev–Trinajstić information content (AvgIpc) is 3.82. The summed E-state index contributed by atoms with van der Waals surface area (Å²) in [4.78, 5) is 27.8. The molecule has 0 aliphatic carbocycles. The molecule has 0 unspecified atom stereocenters. The Labute approximate surface area is 274 Å². The molecule has 2 fully saturated rings. The lowest BCUT2D eigenvalue weighted by Crippen LogP contribution is -2.50. The van der Waals surface area contributed by atoms with Gasteiger partial charge in [0, 0.05) is 73.6 Å². The van der Waals surface area contributed by atoms with Gasteiger partial charge in [0.2, 0.25) is 5.91 Å². The number of aryl methyl sites for hydroxylation is 1. The third-order valence-electron chi connectivity index (χ3n) is 9.20. The lowest BCUT2D eigenvalue weighted by molar-refractivity contribution is -0.131. The number of amides is 1. The number of benzene rings is 2. The largest absolute Gasteiger partial charge is 0.391 e. The maximum Gasteiger partial charge on any atom is 0.236 e. The minimum Gasteiger partial charge on any atom is -0.391 e. The third kappa shape index (κ3) is 6.01. The number of piperazine rings is 1. The normalized spacial score (nSPS) is 17.3. The number of fused-ring (bicyclic) bond motifs is 1. The molecule has 47 heavy (non-hydrogen) atoms. The van der Waals surface area contributed by atoms with Gasteiger partial charge in [-0.05, 0) is 55.7 Å². The van der Waals surface area contributed by atoms with Crippen LogP contribution in [0.4, 0.5) is 18.9 Å². The molecule has 1 N–H and O–H groups in total. The van der Waals surface area contributed by atoms with Crippen molar-refractivity contribution in [1.29, 1.82) is 0 Å². The number of likely N-dealkylation sites (tertiary alicyclic amines) is 1. The molecule has 0 spiro atoms. The van der Waals surface area contributed by atoms with E-state index in [0.717, 1.165) is 5.56 Å². The molecule has 5 aromatic rings. The Hall–Kier alpha value is -4.26. The molecular weight excluding hydrogens is 625 g/mol. The molecule has 8 nitrogen and oxygen atoms in total. The summed E-state index contributed by atoms with van der Waals surface area (Å²) in [5.74, 6) is -1.22. The summed E-state index contributed by atoms with van der Waals surface area (Å²) < 4.78 is 47.0. The summed E-state index contributed by atoms with van der Waals surface area (Å²) in [5, 5.41) is 12.3. The van der Waals surface area contributed by atoms with Gasteiger partial charge in [-0.2, -0.15) is 0 Å². The predicted molar refractivity (Wildman–Crippen MR) is 177 cm³/mol. The van der Waals surface area contributed by atoms with Crippen LogP contribution in [0, 0.1) is 24.4 Å². The SMILES string of the molecule is CCc1nc2c(F)cc(N3CCN(CC(=O)N4CC[C@H](O)C4)CC3)cn2c1-c1ccc(-c2nc(-c3ccc(F)cc3)cs2)c(C)c1F. The van der Waals surface area contributed by atoms with E-state index in [2.05, 4.69) is 14.8 Å². The Balaban J connectivity index is 1.15. The third-order valence-corrected chi connectivity index (χ3v) is 10.1. The van der Waals surface area contributed by atoms with Gasteiger partial charge in [-0.25, -0.2) is 23.1 Å². The topological polar surface area (TPSA) is 77.2 Å². The molecule has 2 aliphatic rings. The van der Waals surface area contributed by atoms with Crippen LogP contribution in [0.1, 0.15) is 24.6 Å². The molecule has 7 rings (SSSR count). The van der Waals surface area contributed by atoms with Crippen molar-refractivity contribution in [1.82, 2.24) is 24.2 Å². The Morgan fingerprint density at radius 3 is 2.45 bits per heavy atom. The molecule has 0 radical (unpaired) electrons. The number of pyridine rings is 1. The van der Waals surface area contributed by atoms with Crippen LogP contribution in [0.15, 0.2) is 54.0 Å². The Morgan fingerprint density at radius 1 is 1.00 bits per heavy atom. The van der Waals surface area contributed by atoms with Crippen LogP contribution in [0.3, 0.4) is 0 Å². The van der Waals surface area contributed by atoms with Crippen LogP contribution in [-0.4, -0.2) is 87.1 Å². The molecule has 0 bridgehead atoms. The van der Waals surface area contributed by atoms with E-state index in [4.69, 9.17) is 4.98 Å². The quantitative estimate of drug-likeness (QED) is 0.238. The van der Waals surface area contributed by atoms with Gasteiger partial charge in [0.15, 0.2) is 11.5 Å². The fourth-order valence-electron chi connectivity index (χ4n) is 6.52. The standard InChI is InChI=1S/C35H35F3N6O2S/c1-3-29-33(27-9-8-26(21(2)32(27)38)35-40-30(20-47-35)22-4-6-23(36)7-5-22)44-17-24(16-28(37)34(44)39-29)42-14-12-41(13-15-42)19-31(46)43-11-10-25(45)18-43/h4-9,16-17,20,25,45H,3,10-15,18-19H2,1-2H3/t25-/m0/s1. The van der Waals surface area contributed by atoms with Gasteiger partial charge in [-0.15, -0.1) is 11.3 Å². The lowest BCUT2D eigenvalue weighted by atomic mass is 10.0. The number of aromatic nitrogens is 3. The van der Waals surface area contributed by atoms with Crippen LogP contribution in [0.5, 0.6) is 0 Å². The van der Waals surface area contributed by atoms with E-state index in [1.807, 2.05) is 24.6 Å². The fourth-order valence-corrected chi connectivity index (χ4v) is 7.43. The number of rotatable bonds is 7. The van der Waals surface area contributed by atoms with Gasteiger partial charge in [0.25, 0.3) is 0 Å². The average molecular weight is 661 g/mol. The summed E-state index contributed by atoms with van der Waals surface area (Å²) >= 11 is 1.39. The molecule has 2 saturated heterocycles. The van der Waals surface area contributed by atoms with E-state index in [1.165, 1.54) is 29.5 Å². The van der Waals surface area contributed by atoms with Crippen LogP contribution < -0.4 is 4.90 Å². The van der Waals surface area contributed by atoms with E-state index in [1.54, 1.807) is 34.4 Å². The molecule has 0 saturated carbocycles. The van der Waals surface area contributed by atoms with Gasteiger partial charge < -0.3 is 14.9 Å².